The van der Waals surface area contributed by atoms with Crippen molar-refractivity contribution in [1.82, 2.24) is 15.2 Å². The molecule has 0 radical (unpaired) electrons. The molecule has 3 N–H and O–H groups in total. The van der Waals surface area contributed by atoms with E-state index in [0.717, 1.165) is 25.2 Å². The minimum absolute atomic E-state index is 0.0428. The largest absolute Gasteiger partial charge is 0.484 e. The number of hydrogen-bond donors (Lipinski definition) is 3. The number of amides is 2. The second-order valence-corrected chi connectivity index (χ2v) is 12.1. The third-order valence-corrected chi connectivity index (χ3v) is 9.16. The van der Waals surface area contributed by atoms with Gasteiger partial charge in [0.15, 0.2) is 11.6 Å². The number of fused-ring (bicyclic) bond motifs is 1. The first-order valence-electron chi connectivity index (χ1n) is 15.6. The zero-order valence-corrected chi connectivity index (χ0v) is 28.9. The molecule has 11 heteroatoms. The average Bonchev–Trinajstić information content (AvgIpc) is 3.52. The van der Waals surface area contributed by atoms with Gasteiger partial charge in [-0.2, -0.15) is 0 Å². The SMILES string of the molecule is C=C(CC)C(=O)c1ccc(OCC(=O)Cc2ccc3c(c2)/C(=C/c2[nH]c(C)c(C(=O)NCCN(CC)CC)c2C)C(=O)N3)c(Cl)c1Cl. The Morgan fingerprint density at radius 2 is 1.77 bits per heavy atom. The smallest absolute Gasteiger partial charge is 0.256 e. The molecule has 0 unspecified atom stereocenters. The molecule has 3 aromatic rings. The quantitative estimate of drug-likeness (QED) is 0.120. The molecule has 1 aliphatic rings. The van der Waals surface area contributed by atoms with Crippen molar-refractivity contribution in [2.45, 2.75) is 47.5 Å². The third kappa shape index (κ3) is 8.04. The number of H-pyrrole nitrogens is 1. The number of anilines is 1. The molecule has 248 valence electrons. The highest BCUT2D eigenvalue weighted by molar-refractivity contribution is 6.45. The highest BCUT2D eigenvalue weighted by Crippen LogP contribution is 2.37. The number of hydrogen-bond acceptors (Lipinski definition) is 6. The van der Waals surface area contributed by atoms with Crippen LogP contribution in [0.3, 0.4) is 0 Å². The molecule has 1 aromatic heterocycles. The standard InChI is InChI=1S/C36H40Cl2N4O5/c1-7-20(4)34(44)25-11-13-30(33(38)32(25)37)47-19-24(43)16-23-10-12-28-26(17-23)27(35(45)41-28)18-29-21(5)31(22(6)40-29)36(46)39-14-15-42(8-2)9-3/h10-13,17-18,40H,4,7-9,14-16,19H2,1-3,5-6H3,(H,39,46)(H,41,45)/b27-18-. The molecule has 0 atom stereocenters. The van der Waals surface area contributed by atoms with E-state index in [4.69, 9.17) is 27.9 Å². The van der Waals surface area contributed by atoms with Crippen molar-refractivity contribution < 1.29 is 23.9 Å². The monoisotopic (exact) mass is 678 g/mol. The van der Waals surface area contributed by atoms with Crippen LogP contribution in [-0.2, 0) is 16.0 Å². The van der Waals surface area contributed by atoms with Crippen LogP contribution in [0.15, 0.2) is 42.5 Å². The fourth-order valence-electron chi connectivity index (χ4n) is 5.45. The van der Waals surface area contributed by atoms with Gasteiger partial charge >= 0.3 is 0 Å². The van der Waals surface area contributed by atoms with Gasteiger partial charge in [-0.05, 0) is 80.4 Å². The Balaban J connectivity index is 1.46. The fraction of sp³-hybridized carbons (Fsp3) is 0.333. The van der Waals surface area contributed by atoms with Crippen LogP contribution in [-0.4, -0.2) is 66.1 Å². The summed E-state index contributed by atoms with van der Waals surface area (Å²) in [6.45, 7) is 16.3. The first-order chi connectivity index (χ1) is 22.4. The summed E-state index contributed by atoms with van der Waals surface area (Å²) < 4.78 is 5.66. The zero-order valence-electron chi connectivity index (χ0n) is 27.4. The minimum atomic E-state index is -0.297. The Kier molecular flexibility index (Phi) is 11.8. The number of aromatic amines is 1. The predicted molar refractivity (Wildman–Crippen MR) is 188 cm³/mol. The summed E-state index contributed by atoms with van der Waals surface area (Å²) in [5.41, 5.74) is 5.70. The van der Waals surface area contributed by atoms with Crippen LogP contribution in [0, 0.1) is 13.8 Å². The van der Waals surface area contributed by atoms with Crippen molar-refractivity contribution >= 4 is 63.9 Å². The van der Waals surface area contributed by atoms with Crippen LogP contribution in [0.25, 0.3) is 11.6 Å². The van der Waals surface area contributed by atoms with Gasteiger partial charge in [0.05, 0.1) is 16.2 Å². The van der Waals surface area contributed by atoms with Crippen LogP contribution in [0.2, 0.25) is 10.0 Å². The van der Waals surface area contributed by atoms with E-state index >= 15 is 0 Å². The molecule has 2 aromatic carbocycles. The van der Waals surface area contributed by atoms with E-state index in [0.29, 0.717) is 57.9 Å². The van der Waals surface area contributed by atoms with Gasteiger partial charge in [-0.3, -0.25) is 19.2 Å². The maximum absolute atomic E-state index is 13.0. The summed E-state index contributed by atoms with van der Waals surface area (Å²) in [6, 6.07) is 8.35. The van der Waals surface area contributed by atoms with Crippen molar-refractivity contribution in [2.24, 2.45) is 0 Å². The van der Waals surface area contributed by atoms with Crippen molar-refractivity contribution in [1.29, 1.82) is 0 Å². The Morgan fingerprint density at radius 1 is 1.04 bits per heavy atom. The van der Waals surface area contributed by atoms with Crippen molar-refractivity contribution in [3.05, 3.63) is 91.7 Å². The Morgan fingerprint density at radius 3 is 2.45 bits per heavy atom. The summed E-state index contributed by atoms with van der Waals surface area (Å²) in [4.78, 5) is 56.9. The van der Waals surface area contributed by atoms with Crippen LogP contribution >= 0.6 is 23.2 Å². The first-order valence-corrected chi connectivity index (χ1v) is 16.4. The number of ether oxygens (including phenoxy) is 1. The van der Waals surface area contributed by atoms with Crippen LogP contribution in [0.4, 0.5) is 5.69 Å². The third-order valence-electron chi connectivity index (χ3n) is 8.30. The number of nitrogens with one attached hydrogen (secondary N) is 3. The molecule has 0 saturated heterocycles. The molecule has 0 bridgehead atoms. The lowest BCUT2D eigenvalue weighted by atomic mass is 9.99. The number of likely N-dealkylation sites (N-methyl/N-ethyl adjacent to an activating group) is 1. The van der Waals surface area contributed by atoms with E-state index in [1.807, 2.05) is 20.8 Å². The van der Waals surface area contributed by atoms with E-state index in [1.54, 1.807) is 24.3 Å². The topological polar surface area (TPSA) is 121 Å². The maximum Gasteiger partial charge on any atom is 0.256 e. The molecule has 1 aliphatic heterocycles. The molecule has 47 heavy (non-hydrogen) atoms. The number of aryl methyl sites for hydroxylation is 1. The van der Waals surface area contributed by atoms with Gasteiger partial charge in [0.2, 0.25) is 0 Å². The maximum atomic E-state index is 13.0. The number of benzene rings is 2. The second-order valence-electron chi connectivity index (χ2n) is 11.4. The van der Waals surface area contributed by atoms with Crippen molar-refractivity contribution in [2.75, 3.05) is 38.1 Å². The van der Waals surface area contributed by atoms with Gasteiger partial charge in [0.25, 0.3) is 11.8 Å². The van der Waals surface area contributed by atoms with Gasteiger partial charge < -0.3 is 25.3 Å². The first kappa shape index (κ1) is 35.7. The van der Waals surface area contributed by atoms with Crippen LogP contribution in [0.1, 0.15) is 76.0 Å². The van der Waals surface area contributed by atoms with E-state index < -0.39 is 0 Å². The summed E-state index contributed by atoms with van der Waals surface area (Å²) in [7, 11) is 0. The molecule has 9 nitrogen and oxygen atoms in total. The zero-order chi connectivity index (χ0) is 34.4. The van der Waals surface area contributed by atoms with Gasteiger partial charge in [-0.15, -0.1) is 0 Å². The molecule has 0 fully saturated rings. The summed E-state index contributed by atoms with van der Waals surface area (Å²) in [6.07, 6.45) is 2.26. The lowest BCUT2D eigenvalue weighted by Crippen LogP contribution is -2.35. The van der Waals surface area contributed by atoms with E-state index in [-0.39, 0.29) is 57.8 Å². The normalized spacial score (nSPS) is 13.1. The highest BCUT2D eigenvalue weighted by atomic mass is 35.5. The fourth-order valence-corrected chi connectivity index (χ4v) is 5.92. The van der Waals surface area contributed by atoms with Gasteiger partial charge in [-0.25, -0.2) is 0 Å². The molecule has 4 rings (SSSR count). The minimum Gasteiger partial charge on any atom is -0.484 e. The number of nitrogens with zero attached hydrogens (tertiary/aromatic N) is 1. The molecule has 2 heterocycles. The van der Waals surface area contributed by atoms with Crippen molar-refractivity contribution in [3.63, 3.8) is 0 Å². The Bertz CT molecular complexity index is 1770. The number of aromatic nitrogens is 1. The van der Waals surface area contributed by atoms with E-state index in [9.17, 15) is 19.2 Å². The predicted octanol–water partition coefficient (Wildman–Crippen LogP) is 6.84. The number of carbonyl (C=O) groups is 4. The number of rotatable bonds is 15. The lowest BCUT2D eigenvalue weighted by molar-refractivity contribution is -0.120. The molecule has 0 saturated carbocycles. The van der Waals surface area contributed by atoms with E-state index in [1.165, 1.54) is 12.1 Å². The van der Waals surface area contributed by atoms with Crippen LogP contribution < -0.4 is 15.4 Å². The number of carbonyl (C=O) groups excluding carboxylic acids is 4. The lowest BCUT2D eigenvalue weighted by Gasteiger charge is -2.18. The summed E-state index contributed by atoms with van der Waals surface area (Å²) in [5.74, 6) is -0.783. The molecular formula is C36H40Cl2N4O5. The number of halogens is 2. The Hall–Kier alpha value is -4.18. The molecule has 0 aliphatic carbocycles. The second kappa shape index (κ2) is 15.6. The molecule has 0 spiro atoms. The van der Waals surface area contributed by atoms with E-state index in [2.05, 4.69) is 40.9 Å². The average molecular weight is 680 g/mol. The number of Topliss-reactive ketones (excluding diaryl/α,β-unsaturated/α-hetero) is 2. The van der Waals surface area contributed by atoms with Crippen molar-refractivity contribution in [3.8, 4) is 5.75 Å². The number of allylic oxidation sites excluding steroid dienone is 1. The van der Waals surface area contributed by atoms with Gasteiger partial charge in [0, 0.05) is 47.7 Å². The van der Waals surface area contributed by atoms with Crippen LogP contribution in [0.5, 0.6) is 5.75 Å². The Labute approximate surface area is 285 Å². The molecular weight excluding hydrogens is 639 g/mol. The summed E-state index contributed by atoms with van der Waals surface area (Å²) >= 11 is 12.7. The van der Waals surface area contributed by atoms with Gasteiger partial charge in [0.1, 0.15) is 17.4 Å². The number of ketones is 2. The van der Waals surface area contributed by atoms with Gasteiger partial charge in [-0.1, -0.05) is 56.6 Å². The molecule has 2 amide bonds. The summed E-state index contributed by atoms with van der Waals surface area (Å²) in [5, 5.41) is 5.96. The highest BCUT2D eigenvalue weighted by Gasteiger charge is 2.26.